The maximum absolute atomic E-state index is 3.91. The van der Waals surface area contributed by atoms with E-state index in [1.54, 1.807) is 11.1 Å². The number of benzene rings is 6. The highest BCUT2D eigenvalue weighted by atomic mass is 14.5. The SMILES string of the molecule is C=Cc1ccc(CCCCCCC2(CCCCCCc3ccc(C=C)cc3)c3cc(C)ccc3-c3cc(-c4cccc5ccccc45)c(C)cc32)cc1. The van der Waals surface area contributed by atoms with Crippen LogP contribution in [0.25, 0.3) is 45.2 Å². The largest absolute Gasteiger partial charge is 0.0985 e. The first-order valence-corrected chi connectivity index (χ1v) is 20.2. The van der Waals surface area contributed by atoms with Crippen molar-refractivity contribution in [3.05, 3.63) is 179 Å². The third-order valence-corrected chi connectivity index (χ3v) is 12.0. The molecule has 0 amide bonds. The maximum atomic E-state index is 3.91. The Bertz CT molecular complexity index is 2110. The van der Waals surface area contributed by atoms with Gasteiger partial charge < -0.3 is 0 Å². The zero-order valence-corrected chi connectivity index (χ0v) is 32.1. The Balaban J connectivity index is 1.13. The van der Waals surface area contributed by atoms with Crippen LogP contribution < -0.4 is 0 Å². The van der Waals surface area contributed by atoms with Gasteiger partial charge in [-0.15, -0.1) is 0 Å². The van der Waals surface area contributed by atoms with E-state index in [-0.39, 0.29) is 5.41 Å². The second kappa shape index (κ2) is 16.8. The van der Waals surface area contributed by atoms with Crippen molar-refractivity contribution in [2.45, 2.75) is 96.3 Å². The molecule has 0 bridgehead atoms. The minimum atomic E-state index is 0.0553. The summed E-state index contributed by atoms with van der Waals surface area (Å²) in [5.41, 5.74) is 16.9. The molecule has 0 radical (unpaired) electrons. The zero-order chi connectivity index (χ0) is 36.6. The number of hydrogen-bond acceptors (Lipinski definition) is 0. The molecule has 6 aromatic carbocycles. The predicted octanol–water partition coefficient (Wildman–Crippen LogP) is 15.1. The lowest BCUT2D eigenvalue weighted by Crippen LogP contribution is -2.26. The Labute approximate surface area is 319 Å². The monoisotopic (exact) mass is 692 g/mol. The lowest BCUT2D eigenvalue weighted by Gasteiger charge is -2.33. The average Bonchev–Trinajstić information content (AvgIpc) is 3.44. The molecule has 0 atom stereocenters. The van der Waals surface area contributed by atoms with Gasteiger partial charge in [-0.25, -0.2) is 0 Å². The fourth-order valence-electron chi connectivity index (χ4n) is 9.03. The number of fused-ring (bicyclic) bond motifs is 4. The molecule has 0 aromatic heterocycles. The van der Waals surface area contributed by atoms with E-state index < -0.39 is 0 Å². The number of unbranched alkanes of at least 4 members (excludes halogenated alkanes) is 6. The lowest BCUT2D eigenvalue weighted by atomic mass is 9.70. The first-order chi connectivity index (χ1) is 26.0. The summed E-state index contributed by atoms with van der Waals surface area (Å²) in [5, 5.41) is 2.64. The van der Waals surface area contributed by atoms with E-state index in [2.05, 4.69) is 148 Å². The average molecular weight is 693 g/mol. The van der Waals surface area contributed by atoms with Crippen LogP contribution in [-0.4, -0.2) is 0 Å². The molecule has 0 nitrogen and oxygen atoms in total. The van der Waals surface area contributed by atoms with Gasteiger partial charge in [0.15, 0.2) is 0 Å². The van der Waals surface area contributed by atoms with E-state index in [0.29, 0.717) is 0 Å². The zero-order valence-electron chi connectivity index (χ0n) is 32.1. The highest BCUT2D eigenvalue weighted by Gasteiger charge is 2.42. The van der Waals surface area contributed by atoms with E-state index >= 15 is 0 Å². The van der Waals surface area contributed by atoms with Gasteiger partial charge in [-0.1, -0.05) is 185 Å². The smallest absolute Gasteiger partial charge is 0.0215 e. The van der Waals surface area contributed by atoms with Gasteiger partial charge >= 0.3 is 0 Å². The first-order valence-electron chi connectivity index (χ1n) is 20.2. The molecule has 268 valence electrons. The molecule has 1 aliphatic carbocycles. The minimum absolute atomic E-state index is 0.0553. The Morgan fingerprint density at radius 1 is 0.472 bits per heavy atom. The Kier molecular flexibility index (Phi) is 11.6. The lowest BCUT2D eigenvalue weighted by molar-refractivity contribution is 0.399. The fourth-order valence-corrected chi connectivity index (χ4v) is 9.03. The van der Waals surface area contributed by atoms with Crippen LogP contribution in [0.15, 0.2) is 134 Å². The molecule has 0 saturated carbocycles. The van der Waals surface area contributed by atoms with Gasteiger partial charge in [-0.05, 0) is 130 Å². The van der Waals surface area contributed by atoms with Crippen LogP contribution in [-0.2, 0) is 18.3 Å². The normalized spacial score (nSPS) is 12.8. The van der Waals surface area contributed by atoms with Crippen LogP contribution in [0.4, 0.5) is 0 Å². The summed E-state index contributed by atoms with van der Waals surface area (Å²) in [4.78, 5) is 0. The van der Waals surface area contributed by atoms with Gasteiger partial charge in [0.05, 0.1) is 0 Å². The van der Waals surface area contributed by atoms with Crippen LogP contribution in [0.5, 0.6) is 0 Å². The van der Waals surface area contributed by atoms with Crippen LogP contribution in [0.1, 0.15) is 109 Å². The van der Waals surface area contributed by atoms with Crippen molar-refractivity contribution in [2.24, 2.45) is 0 Å². The molecule has 7 rings (SSSR count). The summed E-state index contributed by atoms with van der Waals surface area (Å²) in [6.45, 7) is 12.4. The van der Waals surface area contributed by atoms with Gasteiger partial charge in [0.2, 0.25) is 0 Å². The summed E-state index contributed by atoms with van der Waals surface area (Å²) in [6, 6.07) is 45.9. The third kappa shape index (κ3) is 8.03. The second-order valence-electron chi connectivity index (χ2n) is 15.6. The van der Waals surface area contributed by atoms with Gasteiger partial charge in [-0.2, -0.15) is 0 Å². The fraction of sp³-hybridized carbons (Fsp3) is 0.283. The van der Waals surface area contributed by atoms with Crippen molar-refractivity contribution in [1.29, 1.82) is 0 Å². The van der Waals surface area contributed by atoms with Gasteiger partial charge in [0.25, 0.3) is 0 Å². The first kappa shape index (κ1) is 36.4. The van der Waals surface area contributed by atoms with Crippen LogP contribution in [0.3, 0.4) is 0 Å². The molecule has 0 N–H and O–H groups in total. The van der Waals surface area contributed by atoms with Crippen molar-refractivity contribution >= 4 is 22.9 Å². The van der Waals surface area contributed by atoms with Gasteiger partial charge in [0.1, 0.15) is 0 Å². The highest BCUT2D eigenvalue weighted by Crippen LogP contribution is 2.56. The van der Waals surface area contributed by atoms with Crippen molar-refractivity contribution in [2.75, 3.05) is 0 Å². The second-order valence-corrected chi connectivity index (χ2v) is 15.6. The standard InChI is InChI=1S/C53H56/c1-5-41-25-29-43(30-26-41)18-11-7-9-15-34-53(35-16-10-8-12-19-44-31-27-42(6-2)28-32-44)51-36-39(3)24-33-48(51)50-38-49(40(4)37-52(50)53)47-23-17-21-45-20-13-14-22-46(45)47/h5-6,13-14,17,20-33,36-38H,1-2,7-12,15-16,18-19,34-35H2,3-4H3. The van der Waals surface area contributed by atoms with Crippen molar-refractivity contribution < 1.29 is 0 Å². The molecule has 6 aromatic rings. The molecule has 0 spiro atoms. The predicted molar refractivity (Wildman–Crippen MR) is 232 cm³/mol. The van der Waals surface area contributed by atoms with Gasteiger partial charge in [0, 0.05) is 5.41 Å². The molecule has 1 aliphatic rings. The van der Waals surface area contributed by atoms with Crippen LogP contribution in [0.2, 0.25) is 0 Å². The molecule has 0 saturated heterocycles. The van der Waals surface area contributed by atoms with Gasteiger partial charge in [-0.3, -0.25) is 0 Å². The number of rotatable bonds is 17. The summed E-state index contributed by atoms with van der Waals surface area (Å²) in [7, 11) is 0. The molecular weight excluding hydrogens is 637 g/mol. The Hall–Kier alpha value is -4.94. The quantitative estimate of drug-likeness (QED) is 0.0835. The summed E-state index contributed by atoms with van der Waals surface area (Å²) in [6.07, 6.45) is 18.7. The third-order valence-electron chi connectivity index (χ3n) is 12.0. The van der Waals surface area contributed by atoms with E-state index in [4.69, 9.17) is 0 Å². The molecule has 0 fully saturated rings. The van der Waals surface area contributed by atoms with E-state index in [1.165, 1.54) is 131 Å². The van der Waals surface area contributed by atoms with Crippen molar-refractivity contribution in [3.63, 3.8) is 0 Å². The number of hydrogen-bond donors (Lipinski definition) is 0. The van der Waals surface area contributed by atoms with Crippen LogP contribution >= 0.6 is 0 Å². The van der Waals surface area contributed by atoms with Crippen LogP contribution in [0, 0.1) is 13.8 Å². The summed E-state index contributed by atoms with van der Waals surface area (Å²) >= 11 is 0. The van der Waals surface area contributed by atoms with E-state index in [9.17, 15) is 0 Å². The number of aryl methyl sites for hydroxylation is 4. The Morgan fingerprint density at radius 2 is 1.04 bits per heavy atom. The van der Waals surface area contributed by atoms with E-state index in [0.717, 1.165) is 12.8 Å². The molecule has 0 aliphatic heterocycles. The molecule has 0 heterocycles. The van der Waals surface area contributed by atoms with Crippen molar-refractivity contribution in [3.8, 4) is 22.3 Å². The Morgan fingerprint density at radius 3 is 1.66 bits per heavy atom. The molecule has 53 heavy (non-hydrogen) atoms. The summed E-state index contributed by atoms with van der Waals surface area (Å²) in [5.74, 6) is 0. The minimum Gasteiger partial charge on any atom is -0.0985 e. The van der Waals surface area contributed by atoms with E-state index in [1.807, 2.05) is 12.2 Å². The topological polar surface area (TPSA) is 0 Å². The maximum Gasteiger partial charge on any atom is 0.0215 e. The molecular formula is C53H56. The molecule has 0 unspecified atom stereocenters. The molecule has 0 heteroatoms. The van der Waals surface area contributed by atoms with Crippen molar-refractivity contribution in [1.82, 2.24) is 0 Å². The highest BCUT2D eigenvalue weighted by molar-refractivity contribution is 5.99. The summed E-state index contributed by atoms with van der Waals surface area (Å²) < 4.78 is 0.